The number of carbonyl (C=O) groups is 3. The maximum absolute atomic E-state index is 12.8. The van der Waals surface area contributed by atoms with Crippen LogP contribution in [0.15, 0.2) is 53.4 Å². The van der Waals surface area contributed by atoms with E-state index in [4.69, 9.17) is 0 Å². The minimum atomic E-state index is -3.67. The number of nitrogens with zero attached hydrogens (tertiary/aromatic N) is 1. The number of Topliss-reactive ketones (excluding diaryl/α,β-unsaturated/α-hetero) is 2. The van der Waals surface area contributed by atoms with Crippen LogP contribution in [0.4, 0.5) is 5.69 Å². The topological polar surface area (TPSA) is 101 Å². The average molecular weight is 429 g/mol. The highest BCUT2D eigenvalue weighted by molar-refractivity contribution is 7.89. The zero-order chi connectivity index (χ0) is 21.9. The molecule has 0 radical (unpaired) electrons. The Morgan fingerprint density at radius 3 is 2.07 bits per heavy atom. The maximum atomic E-state index is 12.8. The van der Waals surface area contributed by atoms with Gasteiger partial charge in [-0.2, -0.15) is 4.31 Å². The molecule has 7 nitrogen and oxygen atoms in total. The third-order valence-corrected chi connectivity index (χ3v) is 7.17. The van der Waals surface area contributed by atoms with Gasteiger partial charge >= 0.3 is 0 Å². The molecule has 30 heavy (non-hydrogen) atoms. The molecule has 0 aliphatic carbocycles. The number of ketones is 2. The number of sulfonamides is 1. The summed E-state index contributed by atoms with van der Waals surface area (Å²) in [5.41, 5.74) is 1.52. The summed E-state index contributed by atoms with van der Waals surface area (Å²) in [7, 11) is -3.67. The molecule has 8 heteroatoms. The maximum Gasteiger partial charge on any atom is 0.243 e. The van der Waals surface area contributed by atoms with E-state index in [1.807, 2.05) is 0 Å². The van der Waals surface area contributed by atoms with Gasteiger partial charge in [-0.1, -0.05) is 24.3 Å². The molecule has 1 amide bonds. The minimum Gasteiger partial charge on any atom is -0.326 e. The lowest BCUT2D eigenvalue weighted by molar-refractivity contribution is -0.120. The van der Waals surface area contributed by atoms with Gasteiger partial charge in [-0.15, -0.1) is 0 Å². The van der Waals surface area contributed by atoms with Crippen LogP contribution in [-0.2, 0) is 14.8 Å². The van der Waals surface area contributed by atoms with Crippen molar-refractivity contribution in [3.05, 3.63) is 59.7 Å². The zero-order valence-corrected chi connectivity index (χ0v) is 17.7. The number of nitrogens with one attached hydrogen (secondary N) is 1. The molecule has 1 aliphatic heterocycles. The molecular formula is C22H24N2O5S. The molecule has 0 spiro atoms. The number of benzene rings is 2. The van der Waals surface area contributed by atoms with Gasteiger partial charge in [-0.3, -0.25) is 14.4 Å². The van der Waals surface area contributed by atoms with Crippen molar-refractivity contribution >= 4 is 33.2 Å². The van der Waals surface area contributed by atoms with E-state index in [0.717, 1.165) is 0 Å². The molecule has 0 atom stereocenters. The fourth-order valence-corrected chi connectivity index (χ4v) is 4.90. The van der Waals surface area contributed by atoms with E-state index in [1.54, 1.807) is 24.3 Å². The highest BCUT2D eigenvalue weighted by Gasteiger charge is 2.32. The van der Waals surface area contributed by atoms with Crippen molar-refractivity contribution in [1.29, 1.82) is 0 Å². The number of carbonyl (C=O) groups excluding carboxylic acids is 3. The summed E-state index contributed by atoms with van der Waals surface area (Å²) in [4.78, 5) is 35.6. The Bertz CT molecular complexity index is 1070. The quantitative estimate of drug-likeness (QED) is 0.713. The van der Waals surface area contributed by atoms with E-state index in [2.05, 4.69) is 5.32 Å². The number of piperidine rings is 1. The van der Waals surface area contributed by atoms with Crippen molar-refractivity contribution in [2.75, 3.05) is 18.4 Å². The number of amides is 1. The molecule has 0 aromatic heterocycles. The fraction of sp³-hybridized carbons (Fsp3) is 0.318. The van der Waals surface area contributed by atoms with Gasteiger partial charge < -0.3 is 5.32 Å². The van der Waals surface area contributed by atoms with Crippen LogP contribution in [0.3, 0.4) is 0 Å². The first kappa shape index (κ1) is 21.9. The van der Waals surface area contributed by atoms with E-state index >= 15 is 0 Å². The summed E-state index contributed by atoms with van der Waals surface area (Å²) in [6, 6.07) is 12.6. The summed E-state index contributed by atoms with van der Waals surface area (Å²) in [5.74, 6) is -0.698. The Labute approximate surface area is 176 Å². The van der Waals surface area contributed by atoms with E-state index < -0.39 is 10.0 Å². The van der Waals surface area contributed by atoms with E-state index in [0.29, 0.717) is 29.7 Å². The molecule has 1 aliphatic rings. The smallest absolute Gasteiger partial charge is 0.243 e. The standard InChI is InChI=1S/C22H24N2O5S/c1-15(25)17-6-8-21(9-7-17)30(28,29)24-12-10-18(11-13-24)22(27)23-20-5-3-4-19(14-20)16(2)26/h3-9,14,18H,10-13H2,1-2H3,(H,23,27). The second-order valence-electron chi connectivity index (χ2n) is 7.39. The Morgan fingerprint density at radius 2 is 1.50 bits per heavy atom. The molecule has 158 valence electrons. The van der Waals surface area contributed by atoms with E-state index in [9.17, 15) is 22.8 Å². The van der Waals surface area contributed by atoms with Gasteiger partial charge in [-0.05, 0) is 51.0 Å². The second-order valence-corrected chi connectivity index (χ2v) is 9.32. The van der Waals surface area contributed by atoms with Crippen molar-refractivity contribution < 1.29 is 22.8 Å². The number of hydrogen-bond donors (Lipinski definition) is 1. The Morgan fingerprint density at radius 1 is 0.900 bits per heavy atom. The van der Waals surface area contributed by atoms with Crippen LogP contribution in [0, 0.1) is 5.92 Å². The fourth-order valence-electron chi connectivity index (χ4n) is 3.43. The largest absolute Gasteiger partial charge is 0.326 e. The van der Waals surface area contributed by atoms with Crippen LogP contribution < -0.4 is 5.32 Å². The molecule has 1 N–H and O–H groups in total. The van der Waals surface area contributed by atoms with Crippen LogP contribution in [0.25, 0.3) is 0 Å². The van der Waals surface area contributed by atoms with Crippen molar-refractivity contribution in [3.8, 4) is 0 Å². The third-order valence-electron chi connectivity index (χ3n) is 5.26. The monoisotopic (exact) mass is 428 g/mol. The van der Waals surface area contributed by atoms with Crippen LogP contribution in [0.1, 0.15) is 47.4 Å². The highest BCUT2D eigenvalue weighted by Crippen LogP contribution is 2.25. The third kappa shape index (κ3) is 4.83. The first-order valence-electron chi connectivity index (χ1n) is 9.71. The van der Waals surface area contributed by atoms with Gasteiger partial charge in [0.05, 0.1) is 4.90 Å². The van der Waals surface area contributed by atoms with Gasteiger partial charge in [0, 0.05) is 35.8 Å². The molecule has 1 heterocycles. The molecule has 2 aromatic rings. The van der Waals surface area contributed by atoms with Gasteiger partial charge in [-0.25, -0.2) is 8.42 Å². The predicted octanol–water partition coefficient (Wildman–Crippen LogP) is 3.13. The van der Waals surface area contributed by atoms with Gasteiger partial charge in [0.2, 0.25) is 15.9 Å². The molecular weight excluding hydrogens is 404 g/mol. The van der Waals surface area contributed by atoms with Crippen LogP contribution in [0.5, 0.6) is 0 Å². The Kier molecular flexibility index (Phi) is 6.48. The lowest BCUT2D eigenvalue weighted by atomic mass is 9.97. The average Bonchev–Trinajstić information content (AvgIpc) is 2.74. The number of anilines is 1. The Balaban J connectivity index is 1.62. The van der Waals surface area contributed by atoms with Crippen LogP contribution in [-0.4, -0.2) is 43.3 Å². The number of rotatable bonds is 6. The van der Waals surface area contributed by atoms with Crippen molar-refractivity contribution in [3.63, 3.8) is 0 Å². The van der Waals surface area contributed by atoms with Gasteiger partial charge in [0.25, 0.3) is 0 Å². The summed E-state index contributed by atoms with van der Waals surface area (Å²) < 4.78 is 27.1. The second kappa shape index (κ2) is 8.89. The van der Waals surface area contributed by atoms with E-state index in [-0.39, 0.29) is 41.4 Å². The van der Waals surface area contributed by atoms with E-state index in [1.165, 1.54) is 42.4 Å². The molecule has 0 unspecified atom stereocenters. The van der Waals surface area contributed by atoms with Crippen molar-refractivity contribution in [2.45, 2.75) is 31.6 Å². The summed E-state index contributed by atoms with van der Waals surface area (Å²) in [6.07, 6.45) is 0.811. The van der Waals surface area contributed by atoms with Gasteiger partial charge in [0.1, 0.15) is 0 Å². The normalized spacial score (nSPS) is 15.5. The summed E-state index contributed by atoms with van der Waals surface area (Å²) in [5, 5.41) is 2.82. The lowest BCUT2D eigenvalue weighted by Crippen LogP contribution is -2.41. The minimum absolute atomic E-state index is 0.0825. The number of hydrogen-bond acceptors (Lipinski definition) is 5. The zero-order valence-electron chi connectivity index (χ0n) is 16.9. The Hall–Kier alpha value is -2.84. The molecule has 0 bridgehead atoms. The highest BCUT2D eigenvalue weighted by atomic mass is 32.2. The molecule has 0 saturated carbocycles. The molecule has 3 rings (SSSR count). The van der Waals surface area contributed by atoms with Crippen molar-refractivity contribution in [2.24, 2.45) is 5.92 Å². The van der Waals surface area contributed by atoms with Crippen LogP contribution >= 0.6 is 0 Å². The summed E-state index contributed by atoms with van der Waals surface area (Å²) in [6.45, 7) is 3.37. The first-order chi connectivity index (χ1) is 14.2. The van der Waals surface area contributed by atoms with Crippen LogP contribution in [0.2, 0.25) is 0 Å². The van der Waals surface area contributed by atoms with Gasteiger partial charge in [0.15, 0.2) is 11.6 Å². The van der Waals surface area contributed by atoms with Crippen molar-refractivity contribution in [1.82, 2.24) is 4.31 Å². The lowest BCUT2D eigenvalue weighted by Gasteiger charge is -2.30. The molecule has 1 saturated heterocycles. The SMILES string of the molecule is CC(=O)c1ccc(S(=O)(=O)N2CCC(C(=O)Nc3cccc(C(C)=O)c3)CC2)cc1. The predicted molar refractivity (Wildman–Crippen MR) is 113 cm³/mol. The molecule has 2 aromatic carbocycles. The molecule has 1 fully saturated rings. The summed E-state index contributed by atoms with van der Waals surface area (Å²) >= 11 is 0. The first-order valence-corrected chi connectivity index (χ1v) is 11.2.